The first-order chi connectivity index (χ1) is 18.1. The summed E-state index contributed by atoms with van der Waals surface area (Å²) in [5.41, 5.74) is 0.0760. The number of alkyl halides is 3. The summed E-state index contributed by atoms with van der Waals surface area (Å²) >= 11 is 6.10. The maximum Gasteiger partial charge on any atom is 0.433 e. The fraction of sp³-hybridized carbons (Fsp3) is 0.304. The molecule has 1 aliphatic rings. The van der Waals surface area contributed by atoms with Crippen molar-refractivity contribution in [1.29, 1.82) is 0 Å². The molecule has 1 fully saturated rings. The first-order valence-corrected chi connectivity index (χ1v) is 11.7. The summed E-state index contributed by atoms with van der Waals surface area (Å²) in [7, 11) is 1.47. The number of hydrogen-bond acceptors (Lipinski definition) is 9. The number of likely N-dealkylation sites (N-methyl/N-ethyl adjacent to an activating group) is 1. The van der Waals surface area contributed by atoms with Gasteiger partial charge in [0.15, 0.2) is 29.0 Å². The largest absolute Gasteiger partial charge is 0.433 e. The molecule has 0 spiro atoms. The number of imidazole rings is 1. The van der Waals surface area contributed by atoms with Gasteiger partial charge in [0.1, 0.15) is 17.9 Å². The van der Waals surface area contributed by atoms with E-state index < -0.39 is 30.3 Å². The van der Waals surface area contributed by atoms with Gasteiger partial charge in [0.25, 0.3) is 0 Å². The number of amides is 1. The van der Waals surface area contributed by atoms with Crippen molar-refractivity contribution in [2.75, 3.05) is 12.4 Å². The number of anilines is 1. The molecule has 0 aliphatic carbocycles. The van der Waals surface area contributed by atoms with E-state index in [2.05, 4.69) is 35.6 Å². The molecule has 1 aliphatic heterocycles. The number of aromatic nitrogens is 6. The van der Waals surface area contributed by atoms with Crippen LogP contribution in [-0.4, -0.2) is 59.8 Å². The van der Waals surface area contributed by atoms with Crippen LogP contribution in [0, 0.1) is 0 Å². The van der Waals surface area contributed by atoms with E-state index in [-0.39, 0.29) is 47.4 Å². The highest BCUT2D eigenvalue weighted by atomic mass is 35.5. The smallest absolute Gasteiger partial charge is 0.388 e. The lowest BCUT2D eigenvalue weighted by Gasteiger charge is -2.17. The zero-order valence-electron chi connectivity index (χ0n) is 19.6. The number of hydrogen-bond donors (Lipinski definition) is 3. The van der Waals surface area contributed by atoms with Crippen molar-refractivity contribution in [2.24, 2.45) is 0 Å². The van der Waals surface area contributed by atoms with E-state index >= 15 is 0 Å². The van der Waals surface area contributed by atoms with Gasteiger partial charge < -0.3 is 20.5 Å². The summed E-state index contributed by atoms with van der Waals surface area (Å²) in [6, 6.07) is 5.19. The molecule has 4 aromatic heterocycles. The third-order valence-electron chi connectivity index (χ3n) is 5.82. The molecule has 15 heteroatoms. The number of nitrogens with one attached hydrogen (secondary N) is 2. The van der Waals surface area contributed by atoms with Crippen LogP contribution >= 0.6 is 11.6 Å². The Bertz CT molecular complexity index is 1500. The number of pyridine rings is 2. The van der Waals surface area contributed by atoms with Crippen molar-refractivity contribution >= 4 is 34.5 Å². The fourth-order valence-electron chi connectivity index (χ4n) is 4.03. The van der Waals surface area contributed by atoms with Gasteiger partial charge in [-0.3, -0.25) is 14.3 Å². The first kappa shape index (κ1) is 25.8. The number of carbonyl (C=O) groups excluding carboxylic acids is 1. The van der Waals surface area contributed by atoms with Crippen LogP contribution < -0.4 is 10.6 Å². The fourth-order valence-corrected chi connectivity index (χ4v) is 4.20. The normalized spacial score (nSPS) is 19.6. The highest BCUT2D eigenvalue weighted by Gasteiger charge is 2.39. The van der Waals surface area contributed by atoms with Crippen LogP contribution in [0.25, 0.3) is 22.6 Å². The number of halogens is 4. The molecule has 0 saturated carbocycles. The van der Waals surface area contributed by atoms with E-state index in [1.54, 1.807) is 6.07 Å². The molecule has 5 rings (SSSR count). The Balaban J connectivity index is 1.54. The summed E-state index contributed by atoms with van der Waals surface area (Å²) in [5, 5.41) is 16.4. The third-order valence-corrected chi connectivity index (χ3v) is 6.03. The average molecular weight is 549 g/mol. The summed E-state index contributed by atoms with van der Waals surface area (Å²) in [4.78, 5) is 33.2. The van der Waals surface area contributed by atoms with Gasteiger partial charge in [-0.2, -0.15) is 13.2 Å². The molecule has 5 heterocycles. The Morgan fingerprint density at radius 1 is 1.26 bits per heavy atom. The van der Waals surface area contributed by atoms with Crippen LogP contribution in [0.2, 0.25) is 5.02 Å². The van der Waals surface area contributed by atoms with E-state index in [1.807, 2.05) is 0 Å². The molecular formula is C23H20ClF3N8O3. The quantitative estimate of drug-likeness (QED) is 0.332. The SMILES string of the molecule is CNC(=O)[C@@H]1C[C@@H](O)[C@H](n2cnc3c(NCc4cccc(C(F)(F)F)n4)nc(-c4cncc(Cl)c4)nc32)O1. The van der Waals surface area contributed by atoms with Crippen LogP contribution in [0.4, 0.5) is 19.0 Å². The van der Waals surface area contributed by atoms with Crippen molar-refractivity contribution in [2.45, 2.75) is 37.6 Å². The second-order valence-corrected chi connectivity index (χ2v) is 8.85. The molecule has 38 heavy (non-hydrogen) atoms. The molecule has 0 aromatic carbocycles. The Morgan fingerprint density at radius 2 is 2.08 bits per heavy atom. The van der Waals surface area contributed by atoms with Gasteiger partial charge in [-0.05, 0) is 18.2 Å². The number of fused-ring (bicyclic) bond motifs is 1. The topological polar surface area (TPSA) is 140 Å². The van der Waals surface area contributed by atoms with Gasteiger partial charge >= 0.3 is 6.18 Å². The van der Waals surface area contributed by atoms with Gasteiger partial charge in [-0.25, -0.2) is 19.9 Å². The average Bonchev–Trinajstić information content (AvgIpc) is 3.49. The predicted octanol–water partition coefficient (Wildman–Crippen LogP) is 2.96. The molecule has 198 valence electrons. The standard InChI is InChI=1S/C23H20ClF3N8O3/c1-28-21(37)15-6-14(36)22(38-15)35-10-31-17-19(30-9-13-3-2-4-16(32-13)23(25,26)27)33-18(34-20(17)35)11-5-12(24)8-29-7-11/h2-5,7-8,10,14-15,22,36H,6,9H2,1H3,(H,28,37)(H,30,33,34)/t14-,15+,22-/m1/s1. The Hall–Kier alpha value is -3.88. The molecule has 3 N–H and O–H groups in total. The molecule has 11 nitrogen and oxygen atoms in total. The van der Waals surface area contributed by atoms with Crippen LogP contribution in [0.3, 0.4) is 0 Å². The number of carbonyl (C=O) groups is 1. The molecule has 0 radical (unpaired) electrons. The second-order valence-electron chi connectivity index (χ2n) is 8.41. The summed E-state index contributed by atoms with van der Waals surface area (Å²) < 4.78 is 46.6. The maximum absolute atomic E-state index is 13.1. The third kappa shape index (κ3) is 5.10. The minimum Gasteiger partial charge on any atom is -0.388 e. The van der Waals surface area contributed by atoms with Gasteiger partial charge in [-0.15, -0.1) is 0 Å². The molecule has 0 unspecified atom stereocenters. The Morgan fingerprint density at radius 3 is 2.82 bits per heavy atom. The van der Waals surface area contributed by atoms with Gasteiger partial charge in [-0.1, -0.05) is 17.7 Å². The Kier molecular flexibility index (Phi) is 6.86. The van der Waals surface area contributed by atoms with Crippen molar-refractivity contribution in [3.63, 3.8) is 0 Å². The van der Waals surface area contributed by atoms with E-state index in [0.29, 0.717) is 10.6 Å². The minimum absolute atomic E-state index is 0.0620. The monoisotopic (exact) mass is 548 g/mol. The zero-order valence-corrected chi connectivity index (χ0v) is 20.4. The van der Waals surface area contributed by atoms with Crippen LogP contribution in [0.1, 0.15) is 24.0 Å². The minimum atomic E-state index is -4.58. The predicted molar refractivity (Wildman–Crippen MR) is 129 cm³/mol. The lowest BCUT2D eigenvalue weighted by Crippen LogP contribution is -2.31. The maximum atomic E-state index is 13.1. The second kappa shape index (κ2) is 10.1. The van der Waals surface area contributed by atoms with Crippen LogP contribution in [0.5, 0.6) is 0 Å². The number of aliphatic hydroxyl groups is 1. The summed E-state index contributed by atoms with van der Waals surface area (Å²) in [5.74, 6) is -0.00500. The van der Waals surface area contributed by atoms with Crippen molar-refractivity contribution in [1.82, 2.24) is 34.8 Å². The van der Waals surface area contributed by atoms with Crippen molar-refractivity contribution in [3.05, 3.63) is 59.4 Å². The van der Waals surface area contributed by atoms with Gasteiger partial charge in [0.2, 0.25) is 5.91 Å². The molecule has 4 aromatic rings. The molecule has 0 bridgehead atoms. The highest BCUT2D eigenvalue weighted by molar-refractivity contribution is 6.30. The van der Waals surface area contributed by atoms with Gasteiger partial charge in [0.05, 0.1) is 23.6 Å². The number of nitrogens with zero attached hydrogens (tertiary/aromatic N) is 6. The number of ether oxygens (including phenoxy) is 1. The lowest BCUT2D eigenvalue weighted by atomic mass is 10.2. The van der Waals surface area contributed by atoms with E-state index in [0.717, 1.165) is 6.07 Å². The van der Waals surface area contributed by atoms with E-state index in [1.165, 1.54) is 42.5 Å². The van der Waals surface area contributed by atoms with Crippen LogP contribution in [-0.2, 0) is 22.3 Å². The van der Waals surface area contributed by atoms with Crippen molar-refractivity contribution < 1.29 is 27.8 Å². The summed E-state index contributed by atoms with van der Waals surface area (Å²) in [6.07, 6.45) is -3.09. The van der Waals surface area contributed by atoms with Crippen LogP contribution in [0.15, 0.2) is 43.0 Å². The summed E-state index contributed by atoms with van der Waals surface area (Å²) in [6.45, 7) is -0.0998. The molecule has 1 amide bonds. The first-order valence-electron chi connectivity index (χ1n) is 11.3. The number of aliphatic hydroxyl groups excluding tert-OH is 1. The van der Waals surface area contributed by atoms with Crippen molar-refractivity contribution in [3.8, 4) is 11.4 Å². The van der Waals surface area contributed by atoms with E-state index in [9.17, 15) is 23.1 Å². The van der Waals surface area contributed by atoms with Gasteiger partial charge in [0, 0.05) is 31.4 Å². The highest BCUT2D eigenvalue weighted by Crippen LogP contribution is 2.34. The zero-order chi connectivity index (χ0) is 27.0. The molecule has 3 atom stereocenters. The number of rotatable bonds is 6. The molecular weight excluding hydrogens is 529 g/mol. The lowest BCUT2D eigenvalue weighted by molar-refractivity contribution is -0.141. The van der Waals surface area contributed by atoms with E-state index in [4.69, 9.17) is 16.3 Å². The Labute approximate surface area is 218 Å². The molecule has 1 saturated heterocycles.